The molecule has 1 unspecified atom stereocenters. The van der Waals surface area contributed by atoms with Gasteiger partial charge in [0, 0.05) is 20.2 Å². The fourth-order valence-electron chi connectivity index (χ4n) is 1.71. The van der Waals surface area contributed by atoms with Crippen LogP contribution in [0.5, 0.6) is 0 Å². The van der Waals surface area contributed by atoms with E-state index in [1.165, 1.54) is 0 Å². The van der Waals surface area contributed by atoms with E-state index in [9.17, 15) is 0 Å². The first kappa shape index (κ1) is 13.0. The number of hydrogen-bond acceptors (Lipinski definition) is 3. The molecule has 16 heavy (non-hydrogen) atoms. The minimum absolute atomic E-state index is 0.356. The number of aryl methyl sites for hydroxylation is 2. The second-order valence-electron chi connectivity index (χ2n) is 4.10. The predicted octanol–water partition coefficient (Wildman–Crippen LogP) is 2.21. The Hall–Kier alpha value is -1.03. The van der Waals surface area contributed by atoms with Gasteiger partial charge in [0.2, 0.25) is 0 Å². The van der Waals surface area contributed by atoms with Crippen molar-refractivity contribution in [3.8, 4) is 0 Å². The zero-order valence-electron chi connectivity index (χ0n) is 10.8. The van der Waals surface area contributed by atoms with E-state index in [1.54, 1.807) is 7.11 Å². The third-order valence-corrected chi connectivity index (χ3v) is 2.65. The highest BCUT2D eigenvalue weighted by Gasteiger charge is 2.09. The Morgan fingerprint density at radius 2 is 2.25 bits per heavy atom. The maximum absolute atomic E-state index is 5.17. The number of aromatic nitrogens is 2. The highest BCUT2D eigenvalue weighted by molar-refractivity contribution is 5.38. The topological polar surface area (TPSA) is 39.1 Å². The van der Waals surface area contributed by atoms with Gasteiger partial charge in [-0.25, -0.2) is 0 Å². The van der Waals surface area contributed by atoms with Gasteiger partial charge in [-0.15, -0.1) is 0 Å². The first-order valence-electron chi connectivity index (χ1n) is 5.99. The molecule has 1 heterocycles. The Balaban J connectivity index is 2.64. The summed E-state index contributed by atoms with van der Waals surface area (Å²) < 4.78 is 7.08. The molecule has 4 nitrogen and oxygen atoms in total. The van der Waals surface area contributed by atoms with Crippen LogP contribution in [0.3, 0.4) is 0 Å². The molecular weight excluding hydrogens is 202 g/mol. The second kappa shape index (κ2) is 6.53. The Kier molecular flexibility index (Phi) is 5.32. The Bertz CT molecular complexity index is 309. The van der Waals surface area contributed by atoms with Crippen LogP contribution in [0.25, 0.3) is 0 Å². The number of anilines is 1. The molecule has 0 saturated carbocycles. The van der Waals surface area contributed by atoms with E-state index in [0.717, 1.165) is 37.4 Å². The summed E-state index contributed by atoms with van der Waals surface area (Å²) in [5.74, 6) is 1.08. The summed E-state index contributed by atoms with van der Waals surface area (Å²) in [5.41, 5.74) is 1.15. The van der Waals surface area contributed by atoms with Crippen molar-refractivity contribution in [1.29, 1.82) is 0 Å². The molecular formula is C12H23N3O. The molecule has 1 aromatic rings. The lowest BCUT2D eigenvalue weighted by molar-refractivity contribution is 0.184. The number of nitrogens with zero attached hydrogens (tertiary/aromatic N) is 2. The van der Waals surface area contributed by atoms with Crippen LogP contribution in [-0.2, 0) is 18.2 Å². The van der Waals surface area contributed by atoms with Gasteiger partial charge in [-0.05, 0) is 12.8 Å². The number of hydrogen-bond donors (Lipinski definition) is 1. The molecule has 0 aliphatic rings. The minimum Gasteiger partial charge on any atom is -0.383 e. The van der Waals surface area contributed by atoms with Crippen molar-refractivity contribution in [3.05, 3.63) is 11.8 Å². The standard InChI is InChI=1S/C12H23N3O/c1-5-7-11-8-12(15(3)14-11)13-10(6-2)9-16-4/h8,10,13H,5-7,9H2,1-4H3. The van der Waals surface area contributed by atoms with Gasteiger partial charge in [0.15, 0.2) is 0 Å². The highest BCUT2D eigenvalue weighted by atomic mass is 16.5. The molecule has 4 heteroatoms. The monoisotopic (exact) mass is 225 g/mol. The quantitative estimate of drug-likeness (QED) is 0.773. The van der Waals surface area contributed by atoms with E-state index in [1.807, 2.05) is 11.7 Å². The predicted molar refractivity (Wildman–Crippen MR) is 66.8 cm³/mol. The molecule has 0 fully saturated rings. The molecule has 0 radical (unpaired) electrons. The van der Waals surface area contributed by atoms with Gasteiger partial charge in [0.1, 0.15) is 5.82 Å². The molecule has 0 aliphatic carbocycles. The van der Waals surface area contributed by atoms with E-state index >= 15 is 0 Å². The molecule has 0 amide bonds. The normalized spacial score (nSPS) is 12.8. The van der Waals surface area contributed by atoms with Crippen molar-refractivity contribution in [2.45, 2.75) is 39.2 Å². The third-order valence-electron chi connectivity index (χ3n) is 2.65. The van der Waals surface area contributed by atoms with Crippen LogP contribution >= 0.6 is 0 Å². The zero-order valence-corrected chi connectivity index (χ0v) is 10.8. The number of ether oxygens (including phenoxy) is 1. The van der Waals surface area contributed by atoms with Gasteiger partial charge in [-0.2, -0.15) is 5.10 Å². The minimum atomic E-state index is 0.356. The summed E-state index contributed by atoms with van der Waals surface area (Å²) >= 11 is 0. The Labute approximate surface area is 98.0 Å². The average molecular weight is 225 g/mol. The largest absolute Gasteiger partial charge is 0.383 e. The number of rotatable bonds is 7. The first-order valence-corrected chi connectivity index (χ1v) is 5.99. The average Bonchev–Trinajstić information content (AvgIpc) is 2.59. The van der Waals surface area contributed by atoms with E-state index in [4.69, 9.17) is 4.74 Å². The van der Waals surface area contributed by atoms with E-state index in [2.05, 4.69) is 30.3 Å². The lowest BCUT2D eigenvalue weighted by Gasteiger charge is -2.16. The molecule has 0 aromatic carbocycles. The smallest absolute Gasteiger partial charge is 0.124 e. The number of methoxy groups -OCH3 is 1. The summed E-state index contributed by atoms with van der Waals surface area (Å²) in [4.78, 5) is 0. The fraction of sp³-hybridized carbons (Fsp3) is 0.750. The molecule has 0 spiro atoms. The van der Waals surface area contributed by atoms with Crippen LogP contribution in [-0.4, -0.2) is 29.5 Å². The molecule has 1 N–H and O–H groups in total. The summed E-state index contributed by atoms with van der Waals surface area (Å²) in [6.07, 6.45) is 3.21. The van der Waals surface area contributed by atoms with Gasteiger partial charge in [-0.1, -0.05) is 20.3 Å². The molecule has 1 atom stereocenters. The lowest BCUT2D eigenvalue weighted by atomic mass is 10.2. The van der Waals surface area contributed by atoms with E-state index < -0.39 is 0 Å². The van der Waals surface area contributed by atoms with Gasteiger partial charge >= 0.3 is 0 Å². The van der Waals surface area contributed by atoms with Crippen LogP contribution in [0.15, 0.2) is 6.07 Å². The molecule has 0 saturated heterocycles. The van der Waals surface area contributed by atoms with Crippen LogP contribution in [0.2, 0.25) is 0 Å². The molecule has 0 bridgehead atoms. The SMILES string of the molecule is CCCc1cc(NC(CC)COC)n(C)n1. The van der Waals surface area contributed by atoms with E-state index in [-0.39, 0.29) is 0 Å². The van der Waals surface area contributed by atoms with Crippen LogP contribution in [0, 0.1) is 0 Å². The maximum Gasteiger partial charge on any atom is 0.124 e. The van der Waals surface area contributed by atoms with Crippen molar-refractivity contribution in [2.75, 3.05) is 19.0 Å². The van der Waals surface area contributed by atoms with Gasteiger partial charge in [0.25, 0.3) is 0 Å². The summed E-state index contributed by atoms with van der Waals surface area (Å²) in [6.45, 7) is 5.05. The number of nitrogens with one attached hydrogen (secondary N) is 1. The molecule has 1 aromatic heterocycles. The van der Waals surface area contributed by atoms with Gasteiger partial charge < -0.3 is 10.1 Å². The van der Waals surface area contributed by atoms with Crippen molar-refractivity contribution in [1.82, 2.24) is 9.78 Å². The van der Waals surface area contributed by atoms with Gasteiger partial charge in [-0.3, -0.25) is 4.68 Å². The second-order valence-corrected chi connectivity index (χ2v) is 4.10. The maximum atomic E-state index is 5.17. The van der Waals surface area contributed by atoms with Crippen LogP contribution in [0.1, 0.15) is 32.4 Å². The van der Waals surface area contributed by atoms with Crippen molar-refractivity contribution in [2.24, 2.45) is 7.05 Å². The molecule has 0 aliphatic heterocycles. The lowest BCUT2D eigenvalue weighted by Crippen LogP contribution is -2.25. The van der Waals surface area contributed by atoms with E-state index in [0.29, 0.717) is 6.04 Å². The fourth-order valence-corrected chi connectivity index (χ4v) is 1.71. The third kappa shape index (κ3) is 3.52. The van der Waals surface area contributed by atoms with Crippen LogP contribution in [0.4, 0.5) is 5.82 Å². The summed E-state index contributed by atoms with van der Waals surface area (Å²) in [6, 6.07) is 2.48. The Morgan fingerprint density at radius 1 is 1.50 bits per heavy atom. The Morgan fingerprint density at radius 3 is 2.81 bits per heavy atom. The highest BCUT2D eigenvalue weighted by Crippen LogP contribution is 2.13. The summed E-state index contributed by atoms with van der Waals surface area (Å²) in [5, 5.41) is 7.91. The van der Waals surface area contributed by atoms with Gasteiger partial charge in [0.05, 0.1) is 18.3 Å². The van der Waals surface area contributed by atoms with Crippen molar-refractivity contribution >= 4 is 5.82 Å². The van der Waals surface area contributed by atoms with Crippen LogP contribution < -0.4 is 5.32 Å². The zero-order chi connectivity index (χ0) is 12.0. The molecule has 92 valence electrons. The first-order chi connectivity index (χ1) is 7.71. The summed E-state index contributed by atoms with van der Waals surface area (Å²) in [7, 11) is 3.71. The van der Waals surface area contributed by atoms with Crippen molar-refractivity contribution < 1.29 is 4.74 Å². The molecule has 1 rings (SSSR count). The van der Waals surface area contributed by atoms with Crippen molar-refractivity contribution in [3.63, 3.8) is 0 Å².